The zero-order valence-corrected chi connectivity index (χ0v) is 16.4. The standard InChI is InChI=1S/C20H26N2O4S/c1-16(19-6-5-15-26-19)21-20(23)12-9-17-7-10-18(11-8-17)27(24,25)22-13-3-2-4-14-22/h5-8,10-11,15-16H,2-4,9,12-14H2,1H3,(H,21,23)/t16-/m1/s1. The summed E-state index contributed by atoms with van der Waals surface area (Å²) in [7, 11) is -3.41. The van der Waals surface area contributed by atoms with Crippen molar-refractivity contribution in [2.75, 3.05) is 13.1 Å². The monoisotopic (exact) mass is 390 g/mol. The second-order valence-electron chi connectivity index (χ2n) is 6.91. The lowest BCUT2D eigenvalue weighted by molar-refractivity contribution is -0.121. The van der Waals surface area contributed by atoms with Crippen molar-refractivity contribution in [1.82, 2.24) is 9.62 Å². The van der Waals surface area contributed by atoms with Crippen LogP contribution in [-0.4, -0.2) is 31.7 Å². The highest BCUT2D eigenvalue weighted by Crippen LogP contribution is 2.21. The van der Waals surface area contributed by atoms with E-state index < -0.39 is 10.0 Å². The number of benzene rings is 1. The van der Waals surface area contributed by atoms with Gasteiger partial charge in [0, 0.05) is 19.5 Å². The molecule has 1 saturated heterocycles. The summed E-state index contributed by atoms with van der Waals surface area (Å²) in [5, 5.41) is 2.90. The molecule has 0 aliphatic carbocycles. The molecule has 1 atom stereocenters. The number of sulfonamides is 1. The van der Waals surface area contributed by atoms with Crippen molar-refractivity contribution in [1.29, 1.82) is 0 Å². The highest BCUT2D eigenvalue weighted by atomic mass is 32.2. The van der Waals surface area contributed by atoms with Crippen LogP contribution < -0.4 is 5.32 Å². The van der Waals surface area contributed by atoms with E-state index in [0.717, 1.165) is 30.6 Å². The molecule has 0 radical (unpaired) electrons. The quantitative estimate of drug-likeness (QED) is 0.787. The molecule has 0 unspecified atom stereocenters. The van der Waals surface area contributed by atoms with Gasteiger partial charge in [-0.25, -0.2) is 8.42 Å². The average molecular weight is 391 g/mol. The fourth-order valence-electron chi connectivity index (χ4n) is 3.26. The molecule has 0 bridgehead atoms. The minimum absolute atomic E-state index is 0.0658. The van der Waals surface area contributed by atoms with Crippen molar-refractivity contribution in [2.24, 2.45) is 0 Å². The van der Waals surface area contributed by atoms with Crippen LogP contribution in [0.4, 0.5) is 0 Å². The summed E-state index contributed by atoms with van der Waals surface area (Å²) in [5.74, 6) is 0.652. The Morgan fingerprint density at radius 3 is 2.48 bits per heavy atom. The van der Waals surface area contributed by atoms with Crippen LogP contribution in [0.25, 0.3) is 0 Å². The van der Waals surface area contributed by atoms with Crippen molar-refractivity contribution in [3.8, 4) is 0 Å². The second-order valence-corrected chi connectivity index (χ2v) is 8.85. The zero-order chi connectivity index (χ0) is 19.3. The molecular formula is C20H26N2O4S. The Balaban J connectivity index is 1.53. The number of aryl methyl sites for hydroxylation is 1. The normalized spacial score (nSPS) is 16.8. The summed E-state index contributed by atoms with van der Waals surface area (Å²) in [6, 6.07) is 10.3. The van der Waals surface area contributed by atoms with Gasteiger partial charge in [-0.05, 0) is 56.0 Å². The summed E-state index contributed by atoms with van der Waals surface area (Å²) in [5.41, 5.74) is 0.938. The van der Waals surface area contributed by atoms with E-state index in [-0.39, 0.29) is 11.9 Å². The van der Waals surface area contributed by atoms with Gasteiger partial charge in [-0.1, -0.05) is 18.6 Å². The van der Waals surface area contributed by atoms with E-state index in [1.807, 2.05) is 13.0 Å². The molecule has 27 heavy (non-hydrogen) atoms. The third-order valence-electron chi connectivity index (χ3n) is 4.86. The molecule has 1 aliphatic rings. The molecule has 3 rings (SSSR count). The van der Waals surface area contributed by atoms with E-state index in [4.69, 9.17) is 4.42 Å². The van der Waals surface area contributed by atoms with Crippen LogP contribution >= 0.6 is 0 Å². The Labute approximate surface area is 160 Å². The highest BCUT2D eigenvalue weighted by molar-refractivity contribution is 7.89. The Bertz CT molecular complexity index is 839. The van der Waals surface area contributed by atoms with Crippen molar-refractivity contribution in [2.45, 2.75) is 50.0 Å². The number of piperidine rings is 1. The molecular weight excluding hydrogens is 364 g/mol. The van der Waals surface area contributed by atoms with Gasteiger partial charge in [0.1, 0.15) is 5.76 Å². The topological polar surface area (TPSA) is 79.6 Å². The maximum Gasteiger partial charge on any atom is 0.243 e. The van der Waals surface area contributed by atoms with Gasteiger partial charge in [-0.2, -0.15) is 4.31 Å². The van der Waals surface area contributed by atoms with E-state index in [1.165, 1.54) is 0 Å². The van der Waals surface area contributed by atoms with Crippen LogP contribution in [0.2, 0.25) is 0 Å². The lowest BCUT2D eigenvalue weighted by Gasteiger charge is -2.25. The molecule has 6 nitrogen and oxygen atoms in total. The summed E-state index contributed by atoms with van der Waals surface area (Å²) >= 11 is 0. The van der Waals surface area contributed by atoms with Crippen LogP contribution in [0.3, 0.4) is 0 Å². The van der Waals surface area contributed by atoms with Gasteiger partial charge in [-0.3, -0.25) is 4.79 Å². The fourth-order valence-corrected chi connectivity index (χ4v) is 4.78. The summed E-state index contributed by atoms with van der Waals surface area (Å²) in [6.07, 6.45) is 5.40. The number of rotatable bonds is 7. The number of carbonyl (C=O) groups is 1. The van der Waals surface area contributed by atoms with E-state index in [0.29, 0.717) is 30.8 Å². The third-order valence-corrected chi connectivity index (χ3v) is 6.78. The molecule has 1 aliphatic heterocycles. The van der Waals surface area contributed by atoms with E-state index in [9.17, 15) is 13.2 Å². The van der Waals surface area contributed by atoms with Crippen LogP contribution in [0, 0.1) is 0 Å². The second kappa shape index (κ2) is 8.71. The van der Waals surface area contributed by atoms with Crippen molar-refractivity contribution >= 4 is 15.9 Å². The minimum atomic E-state index is -3.41. The first-order valence-corrected chi connectivity index (χ1v) is 10.8. The number of nitrogens with zero attached hydrogens (tertiary/aromatic N) is 1. The third kappa shape index (κ3) is 4.99. The number of hydrogen-bond acceptors (Lipinski definition) is 4. The number of furan rings is 1. The molecule has 1 fully saturated rings. The molecule has 1 aromatic carbocycles. The van der Waals surface area contributed by atoms with Crippen LogP contribution in [-0.2, 0) is 21.2 Å². The molecule has 0 spiro atoms. The lowest BCUT2D eigenvalue weighted by atomic mass is 10.1. The molecule has 1 amide bonds. The lowest BCUT2D eigenvalue weighted by Crippen LogP contribution is -2.35. The maximum atomic E-state index is 12.7. The molecule has 0 saturated carbocycles. The Kier molecular flexibility index (Phi) is 6.34. The van der Waals surface area contributed by atoms with Gasteiger partial charge >= 0.3 is 0 Å². The van der Waals surface area contributed by atoms with Gasteiger partial charge < -0.3 is 9.73 Å². The highest BCUT2D eigenvalue weighted by Gasteiger charge is 2.25. The van der Waals surface area contributed by atoms with E-state index in [2.05, 4.69) is 5.32 Å². The molecule has 2 heterocycles. The van der Waals surface area contributed by atoms with Crippen molar-refractivity contribution in [3.63, 3.8) is 0 Å². The average Bonchev–Trinajstić information content (AvgIpc) is 3.22. The number of carbonyl (C=O) groups excluding carboxylic acids is 1. The van der Waals surface area contributed by atoms with Crippen molar-refractivity contribution in [3.05, 3.63) is 54.0 Å². The van der Waals surface area contributed by atoms with Gasteiger partial charge in [0.15, 0.2) is 0 Å². The first kappa shape index (κ1) is 19.6. The predicted molar refractivity (Wildman–Crippen MR) is 103 cm³/mol. The van der Waals surface area contributed by atoms with Crippen LogP contribution in [0.5, 0.6) is 0 Å². The number of hydrogen-bond donors (Lipinski definition) is 1. The van der Waals surface area contributed by atoms with Crippen LogP contribution in [0.1, 0.15) is 50.0 Å². The maximum absolute atomic E-state index is 12.7. The van der Waals surface area contributed by atoms with E-state index >= 15 is 0 Å². The largest absolute Gasteiger partial charge is 0.467 e. The summed E-state index contributed by atoms with van der Waals surface area (Å²) in [4.78, 5) is 12.4. The number of amides is 1. The molecule has 1 N–H and O–H groups in total. The van der Waals surface area contributed by atoms with Crippen LogP contribution in [0.15, 0.2) is 52.0 Å². The minimum Gasteiger partial charge on any atom is -0.467 e. The number of nitrogens with one attached hydrogen (secondary N) is 1. The molecule has 7 heteroatoms. The van der Waals surface area contributed by atoms with Gasteiger partial charge in [0.05, 0.1) is 17.2 Å². The summed E-state index contributed by atoms with van der Waals surface area (Å²) < 4.78 is 32.1. The molecule has 2 aromatic rings. The Morgan fingerprint density at radius 2 is 1.85 bits per heavy atom. The van der Waals surface area contributed by atoms with Gasteiger partial charge in [0.25, 0.3) is 0 Å². The first-order chi connectivity index (χ1) is 13.0. The van der Waals surface area contributed by atoms with Gasteiger partial charge in [-0.15, -0.1) is 0 Å². The first-order valence-electron chi connectivity index (χ1n) is 9.38. The van der Waals surface area contributed by atoms with E-state index in [1.54, 1.807) is 40.9 Å². The molecule has 146 valence electrons. The van der Waals surface area contributed by atoms with Gasteiger partial charge in [0.2, 0.25) is 15.9 Å². The summed E-state index contributed by atoms with van der Waals surface area (Å²) in [6.45, 7) is 3.06. The smallest absolute Gasteiger partial charge is 0.243 e. The van der Waals surface area contributed by atoms with Crippen molar-refractivity contribution < 1.29 is 17.6 Å². The Hall–Kier alpha value is -2.12. The Morgan fingerprint density at radius 1 is 1.15 bits per heavy atom. The zero-order valence-electron chi connectivity index (χ0n) is 15.6. The predicted octanol–water partition coefficient (Wildman–Crippen LogP) is 3.26. The molecule has 1 aromatic heterocycles. The SMILES string of the molecule is C[C@@H](NC(=O)CCc1ccc(S(=O)(=O)N2CCCCC2)cc1)c1ccco1. The fraction of sp³-hybridized carbons (Fsp3) is 0.450.